The summed E-state index contributed by atoms with van der Waals surface area (Å²) in [5, 5.41) is 0. The summed E-state index contributed by atoms with van der Waals surface area (Å²) in [6.07, 6.45) is 4.76. The largest absolute Gasteiger partial charge is 0.271 e. The zero-order chi connectivity index (χ0) is 8.10. The van der Waals surface area contributed by atoms with Gasteiger partial charge in [-0.25, -0.2) is 0 Å². The Hall–Kier alpha value is -0.520. The molecule has 1 saturated carbocycles. The molecule has 0 aromatic heterocycles. The normalized spacial score (nSPS) is 18.7. The first-order valence-corrected chi connectivity index (χ1v) is 4.24. The van der Waals surface area contributed by atoms with Crippen molar-refractivity contribution in [2.75, 3.05) is 0 Å². The lowest BCUT2D eigenvalue weighted by Gasteiger charge is -2.12. The van der Waals surface area contributed by atoms with Crippen LogP contribution in [0, 0.1) is 17.8 Å². The number of hydrogen-bond acceptors (Lipinski definition) is 2. The minimum atomic E-state index is 0.510. The molecule has 1 unspecified atom stereocenters. The van der Waals surface area contributed by atoms with E-state index in [4.69, 9.17) is 5.84 Å². The predicted molar refractivity (Wildman–Crippen MR) is 46.5 cm³/mol. The maximum Gasteiger partial charge on any atom is 0.0247 e. The van der Waals surface area contributed by atoms with Gasteiger partial charge in [0, 0.05) is 12.5 Å². The average Bonchev–Trinajstić information content (AvgIpc) is 2.81. The molecule has 2 nitrogen and oxygen atoms in total. The molecule has 0 saturated heterocycles. The first kappa shape index (κ1) is 8.58. The van der Waals surface area contributed by atoms with Crippen molar-refractivity contribution in [2.24, 2.45) is 11.8 Å². The van der Waals surface area contributed by atoms with Gasteiger partial charge in [0.25, 0.3) is 0 Å². The van der Waals surface area contributed by atoms with Gasteiger partial charge >= 0.3 is 0 Å². The summed E-state index contributed by atoms with van der Waals surface area (Å²) >= 11 is 0. The van der Waals surface area contributed by atoms with Crippen LogP contribution in [0.4, 0.5) is 0 Å². The van der Waals surface area contributed by atoms with E-state index in [9.17, 15) is 0 Å². The van der Waals surface area contributed by atoms with E-state index in [0.29, 0.717) is 6.04 Å². The van der Waals surface area contributed by atoms with Crippen LogP contribution in [0.2, 0.25) is 0 Å². The number of rotatable bonds is 4. The van der Waals surface area contributed by atoms with Crippen LogP contribution in [0.15, 0.2) is 0 Å². The van der Waals surface area contributed by atoms with Crippen molar-refractivity contribution in [3.8, 4) is 11.8 Å². The fraction of sp³-hybridized carbons (Fsp3) is 0.778. The molecule has 0 bridgehead atoms. The fourth-order valence-corrected chi connectivity index (χ4v) is 1.31. The molecule has 2 heteroatoms. The molecule has 1 aliphatic rings. The van der Waals surface area contributed by atoms with E-state index in [2.05, 4.69) is 17.3 Å². The van der Waals surface area contributed by atoms with Gasteiger partial charge < -0.3 is 0 Å². The van der Waals surface area contributed by atoms with E-state index in [0.717, 1.165) is 18.8 Å². The van der Waals surface area contributed by atoms with Crippen molar-refractivity contribution in [3.63, 3.8) is 0 Å². The van der Waals surface area contributed by atoms with E-state index in [1.165, 1.54) is 12.8 Å². The summed E-state index contributed by atoms with van der Waals surface area (Å²) in [6.45, 7) is 1.88. The van der Waals surface area contributed by atoms with Crippen LogP contribution < -0.4 is 11.3 Å². The standard InChI is InChI=1S/C9H16N2/c1-2-3-4-5-9(11-10)8-6-7-8/h8-9,11H,4-7,10H2,1H3. The van der Waals surface area contributed by atoms with Crippen LogP contribution in [-0.4, -0.2) is 6.04 Å². The second-order valence-electron chi connectivity index (χ2n) is 3.08. The molecule has 11 heavy (non-hydrogen) atoms. The number of nitrogens with two attached hydrogens (primary N) is 1. The highest BCUT2D eigenvalue weighted by Crippen LogP contribution is 2.33. The molecule has 0 spiro atoms. The molecule has 1 atom stereocenters. The summed E-state index contributed by atoms with van der Waals surface area (Å²) in [7, 11) is 0. The highest BCUT2D eigenvalue weighted by Gasteiger charge is 2.29. The zero-order valence-corrected chi connectivity index (χ0v) is 7.06. The third kappa shape index (κ3) is 2.92. The number of hydrazine groups is 1. The first-order chi connectivity index (χ1) is 5.38. The Morgan fingerprint density at radius 1 is 1.64 bits per heavy atom. The van der Waals surface area contributed by atoms with Crippen molar-refractivity contribution in [2.45, 2.75) is 38.6 Å². The molecule has 1 rings (SSSR count). The minimum absolute atomic E-state index is 0.510. The van der Waals surface area contributed by atoms with Gasteiger partial charge in [-0.1, -0.05) is 0 Å². The molecular weight excluding hydrogens is 136 g/mol. The highest BCUT2D eigenvalue weighted by atomic mass is 15.2. The Morgan fingerprint density at radius 2 is 2.36 bits per heavy atom. The van der Waals surface area contributed by atoms with Gasteiger partial charge in [-0.3, -0.25) is 11.3 Å². The Balaban J connectivity index is 2.13. The van der Waals surface area contributed by atoms with E-state index >= 15 is 0 Å². The summed E-state index contributed by atoms with van der Waals surface area (Å²) in [6, 6.07) is 0.510. The van der Waals surface area contributed by atoms with Gasteiger partial charge in [0.2, 0.25) is 0 Å². The number of nitrogens with one attached hydrogen (secondary N) is 1. The lowest BCUT2D eigenvalue weighted by atomic mass is 10.1. The van der Waals surface area contributed by atoms with Crippen LogP contribution in [-0.2, 0) is 0 Å². The highest BCUT2D eigenvalue weighted by molar-refractivity contribution is 4.97. The molecule has 0 aromatic rings. The van der Waals surface area contributed by atoms with Crippen molar-refractivity contribution in [1.29, 1.82) is 0 Å². The lowest BCUT2D eigenvalue weighted by Crippen LogP contribution is -2.36. The second-order valence-corrected chi connectivity index (χ2v) is 3.08. The molecule has 0 amide bonds. The lowest BCUT2D eigenvalue weighted by molar-refractivity contribution is 0.451. The van der Waals surface area contributed by atoms with Gasteiger partial charge in [0.1, 0.15) is 0 Å². The van der Waals surface area contributed by atoms with E-state index in [1.54, 1.807) is 0 Å². The molecule has 0 aliphatic heterocycles. The van der Waals surface area contributed by atoms with E-state index < -0.39 is 0 Å². The summed E-state index contributed by atoms with van der Waals surface area (Å²) in [4.78, 5) is 0. The maximum atomic E-state index is 5.40. The van der Waals surface area contributed by atoms with Crippen molar-refractivity contribution >= 4 is 0 Å². The zero-order valence-electron chi connectivity index (χ0n) is 7.06. The van der Waals surface area contributed by atoms with Gasteiger partial charge in [0.15, 0.2) is 0 Å². The molecule has 62 valence electrons. The van der Waals surface area contributed by atoms with Crippen molar-refractivity contribution in [3.05, 3.63) is 0 Å². The number of hydrogen-bond donors (Lipinski definition) is 2. The van der Waals surface area contributed by atoms with Crippen LogP contribution in [0.5, 0.6) is 0 Å². The van der Waals surface area contributed by atoms with Crippen molar-refractivity contribution < 1.29 is 0 Å². The van der Waals surface area contributed by atoms with Crippen LogP contribution in [0.1, 0.15) is 32.6 Å². The summed E-state index contributed by atoms with van der Waals surface area (Å²) in [5.74, 6) is 12.2. The Bertz CT molecular complexity index is 162. The third-order valence-electron chi connectivity index (χ3n) is 2.16. The minimum Gasteiger partial charge on any atom is -0.271 e. The molecule has 0 heterocycles. The SMILES string of the molecule is CC#CCCC(NN)C1CC1. The third-order valence-corrected chi connectivity index (χ3v) is 2.16. The Morgan fingerprint density at radius 3 is 2.82 bits per heavy atom. The molecule has 1 fully saturated rings. The predicted octanol–water partition coefficient (Wildman–Crippen LogP) is 1.03. The first-order valence-electron chi connectivity index (χ1n) is 4.24. The topological polar surface area (TPSA) is 38.0 Å². The Labute approximate surface area is 68.5 Å². The smallest absolute Gasteiger partial charge is 0.0247 e. The van der Waals surface area contributed by atoms with Crippen LogP contribution in [0.25, 0.3) is 0 Å². The molecule has 0 aromatic carbocycles. The molecule has 0 radical (unpaired) electrons. The van der Waals surface area contributed by atoms with E-state index in [-0.39, 0.29) is 0 Å². The van der Waals surface area contributed by atoms with Crippen LogP contribution >= 0.6 is 0 Å². The van der Waals surface area contributed by atoms with Gasteiger partial charge in [-0.15, -0.1) is 11.8 Å². The van der Waals surface area contributed by atoms with Gasteiger partial charge in [-0.2, -0.15) is 0 Å². The monoisotopic (exact) mass is 152 g/mol. The Kier molecular flexibility index (Phi) is 3.41. The average molecular weight is 152 g/mol. The molecule has 1 aliphatic carbocycles. The van der Waals surface area contributed by atoms with Crippen LogP contribution in [0.3, 0.4) is 0 Å². The van der Waals surface area contributed by atoms with Gasteiger partial charge in [0.05, 0.1) is 0 Å². The fourth-order valence-electron chi connectivity index (χ4n) is 1.31. The second kappa shape index (κ2) is 4.38. The van der Waals surface area contributed by atoms with E-state index in [1.807, 2.05) is 6.92 Å². The summed E-state index contributed by atoms with van der Waals surface area (Å²) in [5.41, 5.74) is 2.86. The molecular formula is C9H16N2. The van der Waals surface area contributed by atoms with Gasteiger partial charge in [-0.05, 0) is 32.1 Å². The van der Waals surface area contributed by atoms with Crippen molar-refractivity contribution in [1.82, 2.24) is 5.43 Å². The quantitative estimate of drug-likeness (QED) is 0.359. The molecule has 3 N–H and O–H groups in total. The maximum absolute atomic E-state index is 5.40. The summed E-state index contributed by atoms with van der Waals surface area (Å²) < 4.78 is 0.